The van der Waals surface area contributed by atoms with E-state index in [1.807, 2.05) is 6.07 Å². The van der Waals surface area contributed by atoms with Crippen molar-refractivity contribution in [2.75, 3.05) is 18.5 Å². The van der Waals surface area contributed by atoms with E-state index in [1.165, 1.54) is 11.3 Å². The zero-order valence-electron chi connectivity index (χ0n) is 27.5. The van der Waals surface area contributed by atoms with Crippen molar-refractivity contribution in [1.82, 2.24) is 15.0 Å². The van der Waals surface area contributed by atoms with Gasteiger partial charge in [-0.25, -0.2) is 15.0 Å². The molecule has 44 heavy (non-hydrogen) atoms. The fourth-order valence-electron chi connectivity index (χ4n) is 3.80. The number of nitrogens with zero attached hydrogens (tertiary/aromatic N) is 3. The summed E-state index contributed by atoms with van der Waals surface area (Å²) in [7, 11) is -4.05. The molecule has 0 spiro atoms. The Morgan fingerprint density at radius 1 is 0.864 bits per heavy atom. The van der Waals surface area contributed by atoms with Gasteiger partial charge in [-0.1, -0.05) is 53.7 Å². The Morgan fingerprint density at radius 2 is 1.43 bits per heavy atom. The lowest BCUT2D eigenvalue weighted by atomic mass is 9.97. The Morgan fingerprint density at radius 3 is 1.95 bits per heavy atom. The van der Waals surface area contributed by atoms with Gasteiger partial charge < -0.3 is 19.3 Å². The summed E-state index contributed by atoms with van der Waals surface area (Å²) in [6.07, 6.45) is -1.03. The fraction of sp³-hybridized carbons (Fsp3) is 0.581. The van der Waals surface area contributed by atoms with E-state index in [0.29, 0.717) is 36.8 Å². The molecule has 0 saturated carbocycles. The molecule has 1 aromatic carbocycles. The van der Waals surface area contributed by atoms with Gasteiger partial charge in [0, 0.05) is 44.1 Å². The smallest absolute Gasteiger partial charge is 0.417 e. The summed E-state index contributed by atoms with van der Waals surface area (Å²) >= 11 is 1.38. The fourth-order valence-corrected chi connectivity index (χ4v) is 6.95. The van der Waals surface area contributed by atoms with Crippen molar-refractivity contribution in [3.05, 3.63) is 53.4 Å². The summed E-state index contributed by atoms with van der Waals surface area (Å²) in [5.74, 6) is -0.153. The zero-order chi connectivity index (χ0) is 33.2. The highest BCUT2D eigenvalue weighted by Crippen LogP contribution is 2.41. The van der Waals surface area contributed by atoms with Crippen LogP contribution in [0.4, 0.5) is 24.8 Å². The first kappa shape index (κ1) is 36.3. The Hall–Kier alpha value is -2.17. The lowest BCUT2D eigenvalue weighted by molar-refractivity contribution is -0.141. The molecule has 2 aromatic heterocycles. The topological polar surface area (TPSA) is 89.4 Å². The van der Waals surface area contributed by atoms with E-state index in [1.54, 1.807) is 24.4 Å². The quantitative estimate of drug-likeness (QED) is 0.186. The van der Waals surface area contributed by atoms with Gasteiger partial charge in [0.15, 0.2) is 16.6 Å². The Labute approximate surface area is 265 Å². The predicted octanol–water partition coefficient (Wildman–Crippen LogP) is 9.37. The molecule has 0 aliphatic rings. The molecule has 0 atom stereocenters. The minimum Gasteiger partial charge on any atom is -0.417 e. The highest BCUT2D eigenvalue weighted by Gasteiger charge is 2.41. The van der Waals surface area contributed by atoms with Gasteiger partial charge in [-0.15, -0.1) is 11.3 Å². The minimum atomic E-state index is -4.57. The molecular formula is C31H47F3N4O3SSi2. The van der Waals surface area contributed by atoms with Crippen LogP contribution >= 0.6 is 11.3 Å². The van der Waals surface area contributed by atoms with Gasteiger partial charge in [-0.3, -0.25) is 0 Å². The van der Waals surface area contributed by atoms with Gasteiger partial charge in [0.05, 0.1) is 4.88 Å². The lowest BCUT2D eigenvalue weighted by Gasteiger charge is -2.38. The van der Waals surface area contributed by atoms with Crippen LogP contribution in [0.2, 0.25) is 36.3 Å². The zero-order valence-corrected chi connectivity index (χ0v) is 30.3. The Balaban J connectivity index is 1.84. The van der Waals surface area contributed by atoms with Crippen molar-refractivity contribution in [3.63, 3.8) is 0 Å². The van der Waals surface area contributed by atoms with Gasteiger partial charge >= 0.3 is 6.18 Å². The molecule has 0 aliphatic heterocycles. The molecule has 2 heterocycles. The number of anilines is 2. The van der Waals surface area contributed by atoms with Gasteiger partial charge in [0.1, 0.15) is 16.3 Å². The molecule has 3 rings (SSSR count). The Bertz CT molecular complexity index is 1370. The number of rotatable bonds is 12. The first-order valence-corrected chi connectivity index (χ1v) is 21.4. The van der Waals surface area contributed by atoms with E-state index >= 15 is 0 Å². The van der Waals surface area contributed by atoms with E-state index in [4.69, 9.17) is 8.85 Å². The SMILES string of the molecule is CC(C)(C)[Si](C)(C)OCCC(O)(CCO[Si](C)(C)C(C)(C)C)c1ncc(-c2cccc(Nc3nccc(C(F)(F)F)n3)c2)s1. The molecule has 0 radical (unpaired) electrons. The number of alkyl halides is 3. The van der Waals surface area contributed by atoms with Crippen LogP contribution in [0.15, 0.2) is 42.7 Å². The summed E-state index contributed by atoms with van der Waals surface area (Å²) in [6.45, 7) is 22.7. The molecule has 0 aliphatic carbocycles. The van der Waals surface area contributed by atoms with Crippen LogP contribution in [0.25, 0.3) is 10.4 Å². The largest absolute Gasteiger partial charge is 0.433 e. The molecule has 244 valence electrons. The lowest BCUT2D eigenvalue weighted by Crippen LogP contribution is -2.43. The van der Waals surface area contributed by atoms with Gasteiger partial charge in [0.25, 0.3) is 0 Å². The van der Waals surface area contributed by atoms with Crippen LogP contribution in [0.3, 0.4) is 0 Å². The summed E-state index contributed by atoms with van der Waals surface area (Å²) in [5.41, 5.74) is -0.955. The van der Waals surface area contributed by atoms with Crippen LogP contribution in [0.5, 0.6) is 0 Å². The summed E-state index contributed by atoms with van der Waals surface area (Å²) in [6, 6.07) is 8.02. The summed E-state index contributed by atoms with van der Waals surface area (Å²) in [4.78, 5) is 13.0. The number of aliphatic hydroxyl groups is 1. The van der Waals surface area contributed by atoms with E-state index in [0.717, 1.165) is 22.7 Å². The number of aromatic nitrogens is 3. The molecular weight excluding hydrogens is 622 g/mol. The second-order valence-electron chi connectivity index (χ2n) is 14.2. The third kappa shape index (κ3) is 9.19. The van der Waals surface area contributed by atoms with E-state index in [2.05, 4.69) is 88.0 Å². The first-order chi connectivity index (χ1) is 20.0. The highest BCUT2D eigenvalue weighted by atomic mass is 32.1. The molecule has 0 amide bonds. The molecule has 13 heteroatoms. The number of thiazole rings is 1. The average molecular weight is 669 g/mol. The molecule has 7 nitrogen and oxygen atoms in total. The van der Waals surface area contributed by atoms with Crippen molar-refractivity contribution in [2.45, 2.75) is 102 Å². The third-order valence-corrected chi connectivity index (χ3v) is 19.1. The standard InChI is InChI=1S/C31H47F3N4O3SSi2/c1-28(2,3)43(7,8)40-18-15-30(39,16-19-41-44(9,10)29(4,5)6)26-36-21-24(42-26)22-12-11-13-23(20-22)37-27-35-17-14-25(38-27)31(32,33)34/h11-14,17,20-21,39H,15-16,18-19H2,1-10H3,(H,35,37,38). The maximum Gasteiger partial charge on any atom is 0.433 e. The molecule has 3 aromatic rings. The van der Waals surface area contributed by atoms with Gasteiger partial charge in [-0.05, 0) is 60.0 Å². The van der Waals surface area contributed by atoms with Crippen molar-refractivity contribution in [1.29, 1.82) is 0 Å². The third-order valence-electron chi connectivity index (χ3n) is 8.82. The van der Waals surface area contributed by atoms with E-state index in [9.17, 15) is 18.3 Å². The number of hydrogen-bond acceptors (Lipinski definition) is 8. The molecule has 0 bridgehead atoms. The molecule has 0 unspecified atom stereocenters. The summed E-state index contributed by atoms with van der Waals surface area (Å²) in [5, 5.41) is 15.6. The average Bonchev–Trinajstić information content (AvgIpc) is 3.38. The predicted molar refractivity (Wildman–Crippen MR) is 177 cm³/mol. The van der Waals surface area contributed by atoms with Crippen LogP contribution in [-0.2, 0) is 20.6 Å². The van der Waals surface area contributed by atoms with Gasteiger partial charge in [-0.2, -0.15) is 13.2 Å². The van der Waals surface area contributed by atoms with E-state index in [-0.39, 0.29) is 16.0 Å². The minimum absolute atomic E-state index is 0.0447. The van der Waals surface area contributed by atoms with Crippen molar-refractivity contribution < 1.29 is 27.1 Å². The van der Waals surface area contributed by atoms with Crippen LogP contribution in [0.1, 0.15) is 65.1 Å². The monoisotopic (exact) mass is 668 g/mol. The maximum atomic E-state index is 13.1. The second-order valence-corrected chi connectivity index (χ2v) is 24.9. The van der Waals surface area contributed by atoms with Gasteiger partial charge in [0.2, 0.25) is 5.95 Å². The van der Waals surface area contributed by atoms with Crippen molar-refractivity contribution in [2.24, 2.45) is 0 Å². The number of halogens is 3. The second kappa shape index (κ2) is 13.3. The normalized spacial score (nSPS) is 13.8. The number of benzene rings is 1. The Kier molecular flexibility index (Phi) is 11.0. The highest BCUT2D eigenvalue weighted by molar-refractivity contribution is 7.15. The maximum absolute atomic E-state index is 13.1. The van der Waals surface area contributed by atoms with Crippen LogP contribution in [0, 0.1) is 0 Å². The number of nitrogens with one attached hydrogen (secondary N) is 1. The molecule has 2 N–H and O–H groups in total. The molecule has 0 saturated heterocycles. The van der Waals surface area contributed by atoms with Crippen LogP contribution < -0.4 is 5.32 Å². The first-order valence-electron chi connectivity index (χ1n) is 14.8. The van der Waals surface area contributed by atoms with Crippen LogP contribution in [-0.4, -0.2) is 49.9 Å². The van der Waals surface area contributed by atoms with Crippen molar-refractivity contribution in [3.8, 4) is 10.4 Å². The number of hydrogen-bond donors (Lipinski definition) is 2. The van der Waals surface area contributed by atoms with E-state index < -0.39 is 34.1 Å². The van der Waals surface area contributed by atoms with Crippen molar-refractivity contribution >= 4 is 39.6 Å². The molecule has 0 fully saturated rings. The summed E-state index contributed by atoms with van der Waals surface area (Å²) < 4.78 is 52.2.